The van der Waals surface area contributed by atoms with Crippen LogP contribution in [0.25, 0.3) is 0 Å². The SMILES string of the molecule is N#Cc1ccc(Br)cc1NCCCn1ccnc1. The van der Waals surface area contributed by atoms with E-state index in [1.807, 2.05) is 29.0 Å². The second kappa shape index (κ2) is 6.22. The molecule has 0 aliphatic carbocycles. The number of anilines is 1. The third kappa shape index (κ3) is 3.34. The van der Waals surface area contributed by atoms with Crippen LogP contribution in [-0.4, -0.2) is 16.1 Å². The van der Waals surface area contributed by atoms with Gasteiger partial charge >= 0.3 is 0 Å². The number of halogens is 1. The number of aromatic nitrogens is 2. The molecular formula is C13H13BrN4. The van der Waals surface area contributed by atoms with Gasteiger partial charge in [-0.15, -0.1) is 0 Å². The van der Waals surface area contributed by atoms with Crippen LogP contribution < -0.4 is 5.32 Å². The highest BCUT2D eigenvalue weighted by Gasteiger charge is 2.01. The Morgan fingerprint density at radius 3 is 3.06 bits per heavy atom. The average Bonchev–Trinajstić information content (AvgIpc) is 2.88. The Labute approximate surface area is 114 Å². The standard InChI is InChI=1S/C13H13BrN4/c14-12-3-2-11(9-15)13(8-12)17-4-1-6-18-7-5-16-10-18/h2-3,5,7-8,10,17H,1,4,6H2. The van der Waals surface area contributed by atoms with Crippen LogP contribution in [0.1, 0.15) is 12.0 Å². The zero-order valence-electron chi connectivity index (χ0n) is 9.81. The largest absolute Gasteiger partial charge is 0.384 e. The van der Waals surface area contributed by atoms with E-state index in [0.29, 0.717) is 5.56 Å². The molecule has 1 aromatic carbocycles. The highest BCUT2D eigenvalue weighted by molar-refractivity contribution is 9.10. The first-order valence-electron chi connectivity index (χ1n) is 5.69. The smallest absolute Gasteiger partial charge is 0.101 e. The number of nitriles is 1. The number of imidazole rings is 1. The summed E-state index contributed by atoms with van der Waals surface area (Å²) >= 11 is 3.40. The quantitative estimate of drug-likeness (QED) is 0.864. The molecule has 1 heterocycles. The molecule has 2 aromatic rings. The number of hydrogen-bond acceptors (Lipinski definition) is 3. The Bertz CT molecular complexity index is 543. The fourth-order valence-corrected chi connectivity index (χ4v) is 2.02. The van der Waals surface area contributed by atoms with Gasteiger partial charge in [0.15, 0.2) is 0 Å². The minimum absolute atomic E-state index is 0.667. The summed E-state index contributed by atoms with van der Waals surface area (Å²) in [7, 11) is 0. The highest BCUT2D eigenvalue weighted by Crippen LogP contribution is 2.20. The van der Waals surface area contributed by atoms with Crippen molar-refractivity contribution in [3.8, 4) is 6.07 Å². The van der Waals surface area contributed by atoms with Gasteiger partial charge in [-0.3, -0.25) is 0 Å². The summed E-state index contributed by atoms with van der Waals surface area (Å²) < 4.78 is 3.01. The Kier molecular flexibility index (Phi) is 4.37. The molecule has 18 heavy (non-hydrogen) atoms. The molecule has 0 saturated heterocycles. The molecule has 2 rings (SSSR count). The normalized spacial score (nSPS) is 10.0. The molecule has 4 nitrogen and oxygen atoms in total. The van der Waals surface area contributed by atoms with E-state index in [1.165, 1.54) is 0 Å². The van der Waals surface area contributed by atoms with E-state index in [9.17, 15) is 0 Å². The summed E-state index contributed by atoms with van der Waals surface area (Å²) in [5.74, 6) is 0. The van der Waals surface area contributed by atoms with Crippen molar-refractivity contribution in [3.05, 3.63) is 47.0 Å². The van der Waals surface area contributed by atoms with Crippen molar-refractivity contribution in [3.63, 3.8) is 0 Å². The van der Waals surface area contributed by atoms with Crippen LogP contribution in [0.15, 0.2) is 41.4 Å². The van der Waals surface area contributed by atoms with E-state index < -0.39 is 0 Å². The van der Waals surface area contributed by atoms with Gasteiger partial charge in [0, 0.05) is 30.0 Å². The van der Waals surface area contributed by atoms with E-state index in [-0.39, 0.29) is 0 Å². The van der Waals surface area contributed by atoms with E-state index in [1.54, 1.807) is 12.5 Å². The number of nitrogens with zero attached hydrogens (tertiary/aromatic N) is 3. The Balaban J connectivity index is 1.86. The van der Waals surface area contributed by atoms with Crippen LogP contribution in [0.4, 0.5) is 5.69 Å². The van der Waals surface area contributed by atoms with Crippen LogP contribution in [0, 0.1) is 11.3 Å². The number of hydrogen-bond donors (Lipinski definition) is 1. The monoisotopic (exact) mass is 304 g/mol. The van der Waals surface area contributed by atoms with Crippen LogP contribution in [0.2, 0.25) is 0 Å². The minimum Gasteiger partial charge on any atom is -0.384 e. The van der Waals surface area contributed by atoms with Crippen molar-refractivity contribution < 1.29 is 0 Å². The molecule has 0 radical (unpaired) electrons. The lowest BCUT2D eigenvalue weighted by molar-refractivity contribution is 0.661. The number of nitrogens with one attached hydrogen (secondary N) is 1. The van der Waals surface area contributed by atoms with E-state index in [4.69, 9.17) is 5.26 Å². The van der Waals surface area contributed by atoms with Gasteiger partial charge in [0.2, 0.25) is 0 Å². The molecule has 0 atom stereocenters. The zero-order chi connectivity index (χ0) is 12.8. The van der Waals surface area contributed by atoms with Gasteiger partial charge in [0.05, 0.1) is 17.6 Å². The van der Waals surface area contributed by atoms with E-state index in [2.05, 4.69) is 32.3 Å². The molecular weight excluding hydrogens is 292 g/mol. The maximum absolute atomic E-state index is 9.00. The van der Waals surface area contributed by atoms with Gasteiger partial charge in [0.1, 0.15) is 6.07 Å². The topological polar surface area (TPSA) is 53.6 Å². The summed E-state index contributed by atoms with van der Waals surface area (Å²) in [5, 5.41) is 12.3. The van der Waals surface area contributed by atoms with Crippen LogP contribution in [0.5, 0.6) is 0 Å². The third-order valence-electron chi connectivity index (χ3n) is 2.57. The minimum atomic E-state index is 0.667. The summed E-state index contributed by atoms with van der Waals surface area (Å²) in [5.41, 5.74) is 1.54. The second-order valence-electron chi connectivity index (χ2n) is 3.88. The Morgan fingerprint density at radius 2 is 2.33 bits per heavy atom. The molecule has 92 valence electrons. The fourth-order valence-electron chi connectivity index (χ4n) is 1.66. The van der Waals surface area contributed by atoms with E-state index >= 15 is 0 Å². The predicted octanol–water partition coefficient (Wildman–Crippen LogP) is 3.02. The number of aryl methyl sites for hydroxylation is 1. The first-order chi connectivity index (χ1) is 8.79. The summed E-state index contributed by atoms with van der Waals surface area (Å²) in [6.45, 7) is 1.74. The molecule has 5 heteroatoms. The molecule has 0 spiro atoms. The van der Waals surface area contributed by atoms with Gasteiger partial charge in [-0.25, -0.2) is 4.98 Å². The summed E-state index contributed by atoms with van der Waals surface area (Å²) in [6, 6.07) is 7.78. The molecule has 0 bridgehead atoms. The van der Waals surface area contributed by atoms with Crippen molar-refractivity contribution in [1.29, 1.82) is 5.26 Å². The van der Waals surface area contributed by atoms with Crippen LogP contribution in [-0.2, 0) is 6.54 Å². The molecule has 0 aliphatic heterocycles. The Hall–Kier alpha value is -1.80. The predicted molar refractivity (Wildman–Crippen MR) is 74.2 cm³/mol. The molecule has 0 unspecified atom stereocenters. The second-order valence-corrected chi connectivity index (χ2v) is 4.80. The maximum atomic E-state index is 9.00. The number of rotatable bonds is 5. The van der Waals surface area contributed by atoms with E-state index in [0.717, 1.165) is 29.7 Å². The fraction of sp³-hybridized carbons (Fsp3) is 0.231. The van der Waals surface area contributed by atoms with Crippen LogP contribution >= 0.6 is 15.9 Å². The Morgan fingerprint density at radius 1 is 1.44 bits per heavy atom. The van der Waals surface area contributed by atoms with Gasteiger partial charge in [-0.05, 0) is 24.6 Å². The highest BCUT2D eigenvalue weighted by atomic mass is 79.9. The first kappa shape index (κ1) is 12.7. The molecule has 1 aromatic heterocycles. The molecule has 0 fully saturated rings. The van der Waals surface area contributed by atoms with Crippen molar-refractivity contribution >= 4 is 21.6 Å². The van der Waals surface area contributed by atoms with Gasteiger partial charge in [0.25, 0.3) is 0 Å². The number of benzene rings is 1. The van der Waals surface area contributed by atoms with Gasteiger partial charge in [-0.1, -0.05) is 15.9 Å². The van der Waals surface area contributed by atoms with Crippen molar-refractivity contribution in [1.82, 2.24) is 9.55 Å². The lowest BCUT2D eigenvalue weighted by Crippen LogP contribution is -2.06. The molecule has 0 saturated carbocycles. The molecule has 1 N–H and O–H groups in total. The summed E-state index contributed by atoms with van der Waals surface area (Å²) in [4.78, 5) is 3.99. The van der Waals surface area contributed by atoms with Crippen molar-refractivity contribution in [2.45, 2.75) is 13.0 Å². The molecule has 0 amide bonds. The lowest BCUT2D eigenvalue weighted by atomic mass is 10.2. The van der Waals surface area contributed by atoms with Gasteiger partial charge < -0.3 is 9.88 Å². The first-order valence-corrected chi connectivity index (χ1v) is 6.48. The molecule has 0 aliphatic rings. The van der Waals surface area contributed by atoms with Crippen molar-refractivity contribution in [2.24, 2.45) is 0 Å². The van der Waals surface area contributed by atoms with Crippen molar-refractivity contribution in [2.75, 3.05) is 11.9 Å². The van der Waals surface area contributed by atoms with Gasteiger partial charge in [-0.2, -0.15) is 5.26 Å². The van der Waals surface area contributed by atoms with Crippen LogP contribution in [0.3, 0.4) is 0 Å². The lowest BCUT2D eigenvalue weighted by Gasteiger charge is -2.08. The average molecular weight is 305 g/mol. The third-order valence-corrected chi connectivity index (χ3v) is 3.06. The maximum Gasteiger partial charge on any atom is 0.101 e. The zero-order valence-corrected chi connectivity index (χ0v) is 11.4. The summed E-state index contributed by atoms with van der Waals surface area (Å²) in [6.07, 6.45) is 6.50.